The summed E-state index contributed by atoms with van der Waals surface area (Å²) >= 11 is 5.64. The first kappa shape index (κ1) is 15.8. The molecular formula is C13H11ClN2O4. The minimum atomic E-state index is -1.55. The molecule has 7 heteroatoms. The molecule has 0 aliphatic carbocycles. The molecule has 1 unspecified atom stereocenters. The maximum absolute atomic E-state index is 12.2. The molecule has 0 spiro atoms. The Labute approximate surface area is 120 Å². The Bertz CT molecular complexity index is 619. The van der Waals surface area contributed by atoms with Gasteiger partial charge in [0, 0.05) is 17.0 Å². The number of ketones is 2. The molecule has 6 nitrogen and oxygen atoms in total. The first-order chi connectivity index (χ1) is 9.29. The molecule has 0 N–H and O–H groups in total. The zero-order valence-corrected chi connectivity index (χ0v) is 11.5. The molecule has 0 bridgehead atoms. The first-order valence-electron chi connectivity index (χ1n) is 5.71. The van der Waals surface area contributed by atoms with Crippen molar-refractivity contribution in [1.82, 2.24) is 0 Å². The molecular weight excluding hydrogens is 284 g/mol. The molecule has 0 aromatic heterocycles. The standard InChI is InChI=1S/C13H11ClN2O4/c1-7(2)12(17)10(6-15)13(18)9-4-3-8(14)5-11(9)16(19)20/h3-5,7,10H,1-2H3. The predicted molar refractivity (Wildman–Crippen MR) is 71.4 cm³/mol. The van der Waals surface area contributed by atoms with E-state index in [0.717, 1.165) is 12.1 Å². The number of halogens is 1. The number of carbonyl (C=O) groups is 2. The number of benzene rings is 1. The van der Waals surface area contributed by atoms with Crippen LogP contribution in [0.4, 0.5) is 5.69 Å². The molecule has 0 saturated carbocycles. The number of hydrogen-bond acceptors (Lipinski definition) is 5. The normalized spacial score (nSPS) is 11.8. The lowest BCUT2D eigenvalue weighted by molar-refractivity contribution is -0.385. The van der Waals surface area contributed by atoms with E-state index in [-0.39, 0.29) is 10.6 Å². The summed E-state index contributed by atoms with van der Waals surface area (Å²) in [6, 6.07) is 5.08. The van der Waals surface area contributed by atoms with Gasteiger partial charge in [-0.15, -0.1) is 0 Å². The van der Waals surface area contributed by atoms with Gasteiger partial charge < -0.3 is 0 Å². The third-order valence-corrected chi connectivity index (χ3v) is 2.90. The van der Waals surface area contributed by atoms with Crippen LogP contribution in [0.15, 0.2) is 18.2 Å². The number of nitrogens with zero attached hydrogens (tertiary/aromatic N) is 2. The molecule has 0 aliphatic heterocycles. The van der Waals surface area contributed by atoms with E-state index in [0.29, 0.717) is 0 Å². The molecule has 1 aromatic carbocycles. The van der Waals surface area contributed by atoms with Crippen molar-refractivity contribution in [2.45, 2.75) is 13.8 Å². The molecule has 0 aliphatic rings. The van der Waals surface area contributed by atoms with Crippen LogP contribution < -0.4 is 0 Å². The lowest BCUT2D eigenvalue weighted by atomic mass is 9.89. The topological polar surface area (TPSA) is 101 Å². The van der Waals surface area contributed by atoms with E-state index in [1.54, 1.807) is 19.9 Å². The second kappa shape index (κ2) is 6.26. The van der Waals surface area contributed by atoms with Gasteiger partial charge in [0.15, 0.2) is 17.5 Å². The summed E-state index contributed by atoms with van der Waals surface area (Å²) in [7, 11) is 0. The minimum absolute atomic E-state index is 0.0944. The highest BCUT2D eigenvalue weighted by molar-refractivity contribution is 6.31. The quantitative estimate of drug-likeness (QED) is 0.359. The number of rotatable bonds is 5. The Morgan fingerprint density at radius 2 is 2.00 bits per heavy atom. The van der Waals surface area contributed by atoms with Gasteiger partial charge in [-0.1, -0.05) is 25.4 Å². The van der Waals surface area contributed by atoms with Crippen LogP contribution in [0.1, 0.15) is 24.2 Å². The van der Waals surface area contributed by atoms with E-state index in [4.69, 9.17) is 16.9 Å². The molecule has 0 amide bonds. The van der Waals surface area contributed by atoms with Gasteiger partial charge in [-0.25, -0.2) is 0 Å². The van der Waals surface area contributed by atoms with Crippen LogP contribution in [0.3, 0.4) is 0 Å². The fraction of sp³-hybridized carbons (Fsp3) is 0.308. The van der Waals surface area contributed by atoms with Crippen LogP contribution in [0, 0.1) is 33.3 Å². The second-order valence-electron chi connectivity index (χ2n) is 4.40. The SMILES string of the molecule is CC(C)C(=O)C(C#N)C(=O)c1ccc(Cl)cc1[N+](=O)[O-]. The summed E-state index contributed by atoms with van der Waals surface area (Å²) in [5.41, 5.74) is -0.806. The maximum Gasteiger partial charge on any atom is 0.281 e. The molecule has 0 radical (unpaired) electrons. The zero-order chi connectivity index (χ0) is 15.4. The lowest BCUT2D eigenvalue weighted by Crippen LogP contribution is -2.27. The van der Waals surface area contributed by atoms with Crippen molar-refractivity contribution in [3.63, 3.8) is 0 Å². The highest BCUT2D eigenvalue weighted by Gasteiger charge is 2.33. The van der Waals surface area contributed by atoms with Gasteiger partial charge in [-0.3, -0.25) is 19.7 Å². The van der Waals surface area contributed by atoms with Gasteiger partial charge in [-0.2, -0.15) is 5.26 Å². The summed E-state index contributed by atoms with van der Waals surface area (Å²) in [5, 5.41) is 20.0. The summed E-state index contributed by atoms with van der Waals surface area (Å²) in [6.45, 7) is 3.10. The van der Waals surface area contributed by atoms with Gasteiger partial charge >= 0.3 is 0 Å². The van der Waals surface area contributed by atoms with E-state index in [1.165, 1.54) is 6.07 Å². The van der Waals surface area contributed by atoms with Crippen LogP contribution >= 0.6 is 11.6 Å². The highest BCUT2D eigenvalue weighted by Crippen LogP contribution is 2.26. The Morgan fingerprint density at radius 1 is 1.40 bits per heavy atom. The predicted octanol–water partition coefficient (Wildman–Crippen LogP) is 2.80. The summed E-state index contributed by atoms with van der Waals surface area (Å²) < 4.78 is 0. The van der Waals surface area contributed by atoms with Gasteiger partial charge in [0.2, 0.25) is 0 Å². The molecule has 1 aromatic rings. The molecule has 0 heterocycles. The molecule has 1 rings (SSSR count). The van der Waals surface area contributed by atoms with Crippen molar-refractivity contribution in [2.24, 2.45) is 11.8 Å². The minimum Gasteiger partial charge on any atom is -0.297 e. The van der Waals surface area contributed by atoms with Gasteiger partial charge in [0.25, 0.3) is 5.69 Å². The van der Waals surface area contributed by atoms with E-state index in [2.05, 4.69) is 0 Å². The third kappa shape index (κ3) is 3.19. The van der Waals surface area contributed by atoms with Crippen LogP contribution in [0.25, 0.3) is 0 Å². The first-order valence-corrected chi connectivity index (χ1v) is 6.08. The largest absolute Gasteiger partial charge is 0.297 e. The van der Waals surface area contributed by atoms with E-state index < -0.39 is 34.0 Å². The highest BCUT2D eigenvalue weighted by atomic mass is 35.5. The molecule has 20 heavy (non-hydrogen) atoms. The van der Waals surface area contributed by atoms with Crippen molar-refractivity contribution < 1.29 is 14.5 Å². The van der Waals surface area contributed by atoms with Gasteiger partial charge in [0.1, 0.15) is 0 Å². The van der Waals surface area contributed by atoms with Crippen molar-refractivity contribution in [3.8, 4) is 6.07 Å². The van der Waals surface area contributed by atoms with E-state index in [1.807, 2.05) is 0 Å². The third-order valence-electron chi connectivity index (χ3n) is 2.67. The van der Waals surface area contributed by atoms with Crippen molar-refractivity contribution in [3.05, 3.63) is 38.9 Å². The van der Waals surface area contributed by atoms with Crippen molar-refractivity contribution >= 4 is 28.9 Å². The molecule has 0 fully saturated rings. The zero-order valence-electron chi connectivity index (χ0n) is 10.8. The summed E-state index contributed by atoms with van der Waals surface area (Å²) in [5.74, 6) is -3.51. The van der Waals surface area contributed by atoms with Gasteiger partial charge in [-0.05, 0) is 12.1 Å². The number of hydrogen-bond donors (Lipinski definition) is 0. The fourth-order valence-electron chi connectivity index (χ4n) is 1.60. The van der Waals surface area contributed by atoms with E-state index >= 15 is 0 Å². The molecule has 0 saturated heterocycles. The summed E-state index contributed by atoms with van der Waals surface area (Å²) in [6.07, 6.45) is 0. The van der Waals surface area contributed by atoms with Crippen LogP contribution in [0.5, 0.6) is 0 Å². The molecule has 1 atom stereocenters. The Balaban J connectivity index is 3.31. The maximum atomic E-state index is 12.2. The fourth-order valence-corrected chi connectivity index (χ4v) is 1.77. The number of nitro benzene ring substituents is 1. The number of nitriles is 1. The number of Topliss-reactive ketones (excluding diaryl/α,β-unsaturated/α-hetero) is 2. The molecule has 104 valence electrons. The smallest absolute Gasteiger partial charge is 0.281 e. The number of nitro groups is 1. The van der Waals surface area contributed by atoms with Gasteiger partial charge in [0.05, 0.1) is 16.6 Å². The lowest BCUT2D eigenvalue weighted by Gasteiger charge is -2.10. The number of carbonyl (C=O) groups excluding carboxylic acids is 2. The Hall–Kier alpha value is -2.26. The van der Waals surface area contributed by atoms with Crippen molar-refractivity contribution in [2.75, 3.05) is 0 Å². The average molecular weight is 295 g/mol. The Kier molecular flexibility index (Phi) is 4.94. The van der Waals surface area contributed by atoms with Crippen LogP contribution in [0.2, 0.25) is 5.02 Å². The van der Waals surface area contributed by atoms with Crippen molar-refractivity contribution in [1.29, 1.82) is 5.26 Å². The Morgan fingerprint density at radius 3 is 2.45 bits per heavy atom. The van der Waals surface area contributed by atoms with E-state index in [9.17, 15) is 19.7 Å². The second-order valence-corrected chi connectivity index (χ2v) is 4.84. The monoisotopic (exact) mass is 294 g/mol. The van der Waals surface area contributed by atoms with Crippen LogP contribution in [-0.2, 0) is 4.79 Å². The van der Waals surface area contributed by atoms with Crippen LogP contribution in [-0.4, -0.2) is 16.5 Å². The average Bonchev–Trinajstić information content (AvgIpc) is 2.38. The summed E-state index contributed by atoms with van der Waals surface area (Å²) in [4.78, 5) is 34.1.